The molecule has 2 aliphatic rings. The summed E-state index contributed by atoms with van der Waals surface area (Å²) in [5.74, 6) is 8.08. The molecule has 1 saturated heterocycles. The Morgan fingerprint density at radius 1 is 1.24 bits per heavy atom. The lowest BCUT2D eigenvalue weighted by atomic mass is 10.2. The minimum Gasteiger partial charge on any atom is -0.341 e. The molecule has 0 unspecified atom stereocenters. The lowest BCUT2D eigenvalue weighted by Gasteiger charge is -2.26. The number of nitrogens with one attached hydrogen (secondary N) is 1. The molecule has 1 aliphatic heterocycles. The van der Waals surface area contributed by atoms with E-state index in [9.17, 15) is 0 Å². The molecular weight excluding hydrogens is 266 g/mol. The number of nitrogen functional groups attached to an aromatic ring is 1. The highest BCUT2D eigenvalue weighted by Crippen LogP contribution is 2.31. The van der Waals surface area contributed by atoms with Crippen molar-refractivity contribution in [1.29, 1.82) is 0 Å². The van der Waals surface area contributed by atoms with Crippen molar-refractivity contribution in [2.24, 2.45) is 11.8 Å². The van der Waals surface area contributed by atoms with Crippen LogP contribution in [0.4, 0.5) is 17.8 Å². The third kappa shape index (κ3) is 3.34. The Morgan fingerprint density at radius 2 is 1.95 bits per heavy atom. The summed E-state index contributed by atoms with van der Waals surface area (Å²) in [6.45, 7) is 7.44. The van der Waals surface area contributed by atoms with Gasteiger partial charge < -0.3 is 9.80 Å². The molecule has 116 valence electrons. The first-order chi connectivity index (χ1) is 10.2. The zero-order valence-corrected chi connectivity index (χ0v) is 12.9. The van der Waals surface area contributed by atoms with Gasteiger partial charge in [-0.15, -0.1) is 0 Å². The largest absolute Gasteiger partial charge is 0.341 e. The topological polar surface area (TPSA) is 83.2 Å². The Kier molecular flexibility index (Phi) is 4.10. The van der Waals surface area contributed by atoms with E-state index in [1.54, 1.807) is 0 Å². The lowest BCUT2D eigenvalue weighted by molar-refractivity contribution is 0.596. The van der Waals surface area contributed by atoms with Crippen molar-refractivity contribution in [3.05, 3.63) is 0 Å². The fraction of sp³-hybridized carbons (Fsp3) is 0.786. The first-order valence-corrected chi connectivity index (χ1v) is 7.91. The summed E-state index contributed by atoms with van der Waals surface area (Å²) in [5, 5.41) is 0. The minimum absolute atomic E-state index is 0.455. The van der Waals surface area contributed by atoms with Crippen LogP contribution in [0.3, 0.4) is 0 Å². The standard InChI is InChI=1S/C14H25N7/c1-10(2)9-21(11-5-6-11)14-17-12(19-15)16-13(18-14)20-7-3-4-8-20/h10-11H,3-9,15H2,1-2H3,(H,16,17,18,19). The van der Waals surface area contributed by atoms with Crippen molar-refractivity contribution in [2.45, 2.75) is 45.6 Å². The quantitative estimate of drug-likeness (QED) is 0.605. The number of anilines is 3. The van der Waals surface area contributed by atoms with Crippen molar-refractivity contribution in [3.8, 4) is 0 Å². The maximum Gasteiger partial charge on any atom is 0.243 e. The molecule has 0 amide bonds. The zero-order chi connectivity index (χ0) is 14.8. The second-order valence-corrected chi connectivity index (χ2v) is 6.37. The van der Waals surface area contributed by atoms with Gasteiger partial charge in [0.05, 0.1) is 0 Å². The molecular formula is C14H25N7. The minimum atomic E-state index is 0.455. The van der Waals surface area contributed by atoms with E-state index in [1.807, 2.05) is 0 Å². The van der Waals surface area contributed by atoms with E-state index in [0.29, 0.717) is 17.9 Å². The Morgan fingerprint density at radius 3 is 2.52 bits per heavy atom. The summed E-state index contributed by atoms with van der Waals surface area (Å²) < 4.78 is 0. The van der Waals surface area contributed by atoms with Crippen molar-refractivity contribution < 1.29 is 0 Å². The van der Waals surface area contributed by atoms with E-state index in [0.717, 1.165) is 31.5 Å². The molecule has 0 atom stereocenters. The number of rotatable bonds is 6. The average molecular weight is 291 g/mol. The third-order valence-electron chi connectivity index (χ3n) is 3.94. The van der Waals surface area contributed by atoms with E-state index in [-0.39, 0.29) is 0 Å². The molecule has 7 nitrogen and oxygen atoms in total. The fourth-order valence-electron chi connectivity index (χ4n) is 2.78. The second kappa shape index (κ2) is 6.01. The van der Waals surface area contributed by atoms with Crippen molar-refractivity contribution in [2.75, 3.05) is 34.9 Å². The van der Waals surface area contributed by atoms with E-state index < -0.39 is 0 Å². The van der Waals surface area contributed by atoms with Gasteiger partial charge in [0, 0.05) is 25.7 Å². The van der Waals surface area contributed by atoms with Gasteiger partial charge in [-0.3, -0.25) is 5.43 Å². The van der Waals surface area contributed by atoms with Crippen LogP contribution < -0.4 is 21.1 Å². The van der Waals surface area contributed by atoms with Crippen molar-refractivity contribution >= 4 is 17.8 Å². The van der Waals surface area contributed by atoms with Crippen LogP contribution in [0.2, 0.25) is 0 Å². The number of hydrogen-bond donors (Lipinski definition) is 2. The van der Waals surface area contributed by atoms with Crippen molar-refractivity contribution in [3.63, 3.8) is 0 Å². The summed E-state index contributed by atoms with van der Waals surface area (Å²) >= 11 is 0. The number of aromatic nitrogens is 3. The van der Waals surface area contributed by atoms with E-state index >= 15 is 0 Å². The van der Waals surface area contributed by atoms with Crippen LogP contribution >= 0.6 is 0 Å². The Labute approximate surface area is 125 Å². The van der Waals surface area contributed by atoms with Gasteiger partial charge in [0.2, 0.25) is 17.8 Å². The van der Waals surface area contributed by atoms with Gasteiger partial charge in [-0.25, -0.2) is 5.84 Å². The summed E-state index contributed by atoms with van der Waals surface area (Å²) in [7, 11) is 0. The van der Waals surface area contributed by atoms with Crippen LogP contribution in [0.5, 0.6) is 0 Å². The molecule has 0 spiro atoms. The van der Waals surface area contributed by atoms with Gasteiger partial charge in [0.1, 0.15) is 0 Å². The lowest BCUT2D eigenvalue weighted by Crippen LogP contribution is -2.33. The third-order valence-corrected chi connectivity index (χ3v) is 3.94. The highest BCUT2D eigenvalue weighted by molar-refractivity contribution is 5.46. The normalized spacial score (nSPS) is 18.4. The molecule has 3 N–H and O–H groups in total. The van der Waals surface area contributed by atoms with Gasteiger partial charge >= 0.3 is 0 Å². The highest BCUT2D eigenvalue weighted by Gasteiger charge is 2.32. The molecule has 1 aromatic heterocycles. The predicted octanol–water partition coefficient (Wildman–Crippen LogP) is 1.38. The van der Waals surface area contributed by atoms with E-state index in [4.69, 9.17) is 10.8 Å². The summed E-state index contributed by atoms with van der Waals surface area (Å²) in [4.78, 5) is 18.1. The maximum atomic E-state index is 5.54. The SMILES string of the molecule is CC(C)CN(c1nc(NN)nc(N2CCCC2)n1)C1CC1. The van der Waals surface area contributed by atoms with Crippen LogP contribution in [-0.2, 0) is 0 Å². The molecule has 0 radical (unpaired) electrons. The van der Waals surface area contributed by atoms with E-state index in [1.165, 1.54) is 25.7 Å². The van der Waals surface area contributed by atoms with Crippen LogP contribution in [0.25, 0.3) is 0 Å². The smallest absolute Gasteiger partial charge is 0.243 e. The predicted molar refractivity (Wildman–Crippen MR) is 84.3 cm³/mol. The van der Waals surface area contributed by atoms with Gasteiger partial charge in [-0.05, 0) is 31.6 Å². The molecule has 0 aromatic carbocycles. The number of nitrogens with zero attached hydrogens (tertiary/aromatic N) is 5. The monoisotopic (exact) mass is 291 g/mol. The number of hydrogen-bond acceptors (Lipinski definition) is 7. The molecule has 1 saturated carbocycles. The first kappa shape index (κ1) is 14.3. The van der Waals surface area contributed by atoms with Crippen LogP contribution in [0.15, 0.2) is 0 Å². The van der Waals surface area contributed by atoms with Crippen LogP contribution in [-0.4, -0.2) is 40.6 Å². The average Bonchev–Trinajstić information content (AvgIpc) is 3.17. The molecule has 1 aromatic rings. The van der Waals surface area contributed by atoms with Gasteiger partial charge in [0.25, 0.3) is 0 Å². The second-order valence-electron chi connectivity index (χ2n) is 6.37. The highest BCUT2D eigenvalue weighted by atomic mass is 15.4. The van der Waals surface area contributed by atoms with Gasteiger partial charge in [0.15, 0.2) is 0 Å². The first-order valence-electron chi connectivity index (χ1n) is 7.91. The molecule has 7 heteroatoms. The molecule has 21 heavy (non-hydrogen) atoms. The van der Waals surface area contributed by atoms with Gasteiger partial charge in [-0.1, -0.05) is 13.8 Å². The Bertz CT molecular complexity index is 480. The number of hydrazine groups is 1. The molecule has 3 rings (SSSR count). The zero-order valence-electron chi connectivity index (χ0n) is 12.9. The number of nitrogens with two attached hydrogens (primary N) is 1. The van der Waals surface area contributed by atoms with E-state index in [2.05, 4.69) is 39.0 Å². The molecule has 2 heterocycles. The summed E-state index contributed by atoms with van der Waals surface area (Å²) in [6.07, 6.45) is 4.85. The van der Waals surface area contributed by atoms with Gasteiger partial charge in [-0.2, -0.15) is 15.0 Å². The van der Waals surface area contributed by atoms with Crippen molar-refractivity contribution in [1.82, 2.24) is 15.0 Å². The fourth-order valence-corrected chi connectivity index (χ4v) is 2.78. The Balaban J connectivity index is 1.89. The Hall–Kier alpha value is -1.63. The molecule has 0 bridgehead atoms. The maximum absolute atomic E-state index is 5.54. The van der Waals surface area contributed by atoms with Crippen LogP contribution in [0, 0.1) is 5.92 Å². The molecule has 1 aliphatic carbocycles. The van der Waals surface area contributed by atoms with Crippen LogP contribution in [0.1, 0.15) is 39.5 Å². The summed E-state index contributed by atoms with van der Waals surface area (Å²) in [5.41, 5.74) is 2.58. The summed E-state index contributed by atoms with van der Waals surface area (Å²) in [6, 6.07) is 0.576. The molecule has 2 fully saturated rings.